The Kier molecular flexibility index (Phi) is 4.75. The maximum Gasteiger partial charge on any atom is 0.223 e. The highest BCUT2D eigenvalue weighted by atomic mass is 16.2. The Morgan fingerprint density at radius 1 is 1.20 bits per heavy atom. The van der Waals surface area contributed by atoms with Crippen LogP contribution in [0.1, 0.15) is 31.4 Å². The molecule has 4 rings (SSSR count). The van der Waals surface area contributed by atoms with E-state index in [2.05, 4.69) is 39.8 Å². The van der Waals surface area contributed by atoms with Crippen LogP contribution < -0.4 is 0 Å². The van der Waals surface area contributed by atoms with Gasteiger partial charge in [-0.05, 0) is 50.4 Å². The van der Waals surface area contributed by atoms with E-state index >= 15 is 0 Å². The lowest BCUT2D eigenvalue weighted by Crippen LogP contribution is -2.51. The number of hydrogen-bond donors (Lipinski definition) is 0. The van der Waals surface area contributed by atoms with Gasteiger partial charge in [0.05, 0.1) is 11.2 Å². The molecule has 0 aliphatic carbocycles. The van der Waals surface area contributed by atoms with Gasteiger partial charge >= 0.3 is 0 Å². The van der Waals surface area contributed by atoms with Crippen LogP contribution in [0.4, 0.5) is 0 Å². The van der Waals surface area contributed by atoms with E-state index in [1.54, 1.807) is 0 Å². The number of aromatic nitrogens is 2. The van der Waals surface area contributed by atoms with Crippen LogP contribution in [-0.2, 0) is 18.3 Å². The van der Waals surface area contributed by atoms with Crippen molar-refractivity contribution in [1.29, 1.82) is 0 Å². The van der Waals surface area contributed by atoms with Crippen LogP contribution in [0.25, 0.3) is 10.9 Å². The quantitative estimate of drug-likeness (QED) is 0.839. The Labute approximate surface area is 149 Å². The smallest absolute Gasteiger partial charge is 0.223 e. The molecule has 2 aliphatic heterocycles. The van der Waals surface area contributed by atoms with E-state index in [9.17, 15) is 4.79 Å². The average molecular weight is 340 g/mol. The fourth-order valence-electron chi connectivity index (χ4n) is 4.24. The Bertz CT molecular complexity index is 741. The van der Waals surface area contributed by atoms with E-state index in [-0.39, 0.29) is 0 Å². The second-order valence-electron chi connectivity index (χ2n) is 7.64. The first kappa shape index (κ1) is 16.6. The minimum atomic E-state index is 0.326. The second-order valence-corrected chi connectivity index (χ2v) is 7.64. The lowest BCUT2D eigenvalue weighted by molar-refractivity contribution is -0.137. The van der Waals surface area contributed by atoms with Crippen molar-refractivity contribution < 1.29 is 4.79 Å². The number of aryl methyl sites for hydroxylation is 1. The predicted molar refractivity (Wildman–Crippen MR) is 99.4 cm³/mol. The summed E-state index contributed by atoms with van der Waals surface area (Å²) in [6.07, 6.45) is 9.56. The van der Waals surface area contributed by atoms with E-state index in [1.807, 2.05) is 11.1 Å². The summed E-state index contributed by atoms with van der Waals surface area (Å²) >= 11 is 0. The van der Waals surface area contributed by atoms with Crippen molar-refractivity contribution >= 4 is 16.8 Å². The van der Waals surface area contributed by atoms with Gasteiger partial charge in [0.25, 0.3) is 0 Å². The number of fused-ring (bicyclic) bond motifs is 1. The van der Waals surface area contributed by atoms with Gasteiger partial charge in [0, 0.05) is 50.9 Å². The highest BCUT2D eigenvalue weighted by Gasteiger charge is 2.31. The molecule has 0 radical (unpaired) electrons. The number of carbonyl (C=O) groups excluding carboxylic acids is 1. The summed E-state index contributed by atoms with van der Waals surface area (Å²) in [4.78, 5) is 21.4. The molecule has 0 aromatic carbocycles. The topological polar surface area (TPSA) is 41.4 Å². The Balaban J connectivity index is 1.27. The SMILES string of the molecule is Cn1ccc2ccnc(CC3CN(C(=O)CCN4CCCCC4)C3)c21. The van der Waals surface area contributed by atoms with Gasteiger partial charge in [0.15, 0.2) is 0 Å². The molecule has 5 nitrogen and oxygen atoms in total. The molecular formula is C20H28N4O. The zero-order valence-corrected chi connectivity index (χ0v) is 15.2. The fourth-order valence-corrected chi connectivity index (χ4v) is 4.24. The van der Waals surface area contributed by atoms with Crippen LogP contribution in [0.2, 0.25) is 0 Å². The molecule has 0 saturated carbocycles. The highest BCUT2D eigenvalue weighted by Crippen LogP contribution is 2.25. The normalized spacial score (nSPS) is 19.3. The molecular weight excluding hydrogens is 312 g/mol. The zero-order chi connectivity index (χ0) is 17.2. The van der Waals surface area contributed by atoms with Gasteiger partial charge in [-0.15, -0.1) is 0 Å². The third-order valence-electron chi connectivity index (χ3n) is 5.74. The lowest BCUT2D eigenvalue weighted by atomic mass is 9.93. The first-order valence-electron chi connectivity index (χ1n) is 9.60. The van der Waals surface area contributed by atoms with Gasteiger partial charge in [0.1, 0.15) is 0 Å². The molecule has 0 unspecified atom stereocenters. The Morgan fingerprint density at radius 3 is 2.80 bits per heavy atom. The Hall–Kier alpha value is -1.88. The van der Waals surface area contributed by atoms with Crippen molar-refractivity contribution in [3.05, 3.63) is 30.2 Å². The van der Waals surface area contributed by atoms with Crippen LogP contribution in [0.15, 0.2) is 24.5 Å². The summed E-state index contributed by atoms with van der Waals surface area (Å²) in [5.74, 6) is 0.874. The van der Waals surface area contributed by atoms with E-state index < -0.39 is 0 Å². The van der Waals surface area contributed by atoms with Crippen molar-refractivity contribution in [3.8, 4) is 0 Å². The maximum absolute atomic E-state index is 12.4. The zero-order valence-electron chi connectivity index (χ0n) is 15.2. The molecule has 5 heteroatoms. The summed E-state index contributed by atoms with van der Waals surface area (Å²) in [6, 6.07) is 4.20. The summed E-state index contributed by atoms with van der Waals surface area (Å²) in [7, 11) is 2.07. The number of rotatable bonds is 5. The number of pyridine rings is 1. The largest absolute Gasteiger partial charge is 0.349 e. The third-order valence-corrected chi connectivity index (χ3v) is 5.74. The van der Waals surface area contributed by atoms with Crippen molar-refractivity contribution in [2.75, 3.05) is 32.7 Å². The van der Waals surface area contributed by atoms with Gasteiger partial charge in [-0.25, -0.2) is 0 Å². The molecule has 0 spiro atoms. The van der Waals surface area contributed by atoms with Crippen molar-refractivity contribution in [1.82, 2.24) is 19.4 Å². The minimum absolute atomic E-state index is 0.326. The summed E-state index contributed by atoms with van der Waals surface area (Å²) in [6.45, 7) is 5.05. The van der Waals surface area contributed by atoms with Gasteiger partial charge in [-0.3, -0.25) is 9.78 Å². The molecule has 0 bridgehead atoms. The van der Waals surface area contributed by atoms with Crippen molar-refractivity contribution in [2.24, 2.45) is 13.0 Å². The molecule has 2 aliphatic rings. The third kappa shape index (κ3) is 3.56. The molecule has 0 N–H and O–H groups in total. The Morgan fingerprint density at radius 2 is 2.00 bits per heavy atom. The monoisotopic (exact) mass is 340 g/mol. The number of piperidine rings is 1. The lowest BCUT2D eigenvalue weighted by Gasteiger charge is -2.40. The van der Waals surface area contributed by atoms with Gasteiger partial charge in [0.2, 0.25) is 5.91 Å². The van der Waals surface area contributed by atoms with Crippen LogP contribution in [0, 0.1) is 5.92 Å². The van der Waals surface area contributed by atoms with Gasteiger partial charge in [-0.2, -0.15) is 0 Å². The molecule has 0 atom stereocenters. The van der Waals surface area contributed by atoms with E-state index in [0.29, 0.717) is 18.2 Å². The summed E-state index contributed by atoms with van der Waals surface area (Å²) in [5.41, 5.74) is 2.40. The van der Waals surface area contributed by atoms with Crippen LogP contribution >= 0.6 is 0 Å². The number of carbonyl (C=O) groups is 1. The number of amides is 1. The first-order chi connectivity index (χ1) is 12.2. The standard InChI is InChI=1S/C20H28N4O/c1-22-11-6-17-5-8-21-18(20(17)22)13-16-14-24(15-16)19(25)7-12-23-9-3-2-4-10-23/h5-6,8,11,16H,2-4,7,9-10,12-15H2,1H3. The van der Waals surface area contributed by atoms with E-state index in [0.717, 1.165) is 31.7 Å². The number of hydrogen-bond acceptors (Lipinski definition) is 3. The summed E-state index contributed by atoms with van der Waals surface area (Å²) < 4.78 is 2.15. The van der Waals surface area contributed by atoms with Crippen LogP contribution in [-0.4, -0.2) is 58.0 Å². The molecule has 2 aromatic rings. The molecule has 2 aromatic heterocycles. The molecule has 1 amide bonds. The minimum Gasteiger partial charge on any atom is -0.349 e. The molecule has 134 valence electrons. The first-order valence-corrected chi connectivity index (χ1v) is 9.60. The van der Waals surface area contributed by atoms with E-state index in [4.69, 9.17) is 0 Å². The van der Waals surface area contributed by atoms with Crippen molar-refractivity contribution in [2.45, 2.75) is 32.1 Å². The fraction of sp³-hybridized carbons (Fsp3) is 0.600. The van der Waals surface area contributed by atoms with Gasteiger partial charge in [-0.1, -0.05) is 6.42 Å². The van der Waals surface area contributed by atoms with Crippen LogP contribution in [0.5, 0.6) is 0 Å². The number of likely N-dealkylation sites (tertiary alicyclic amines) is 2. The second kappa shape index (κ2) is 7.16. The van der Waals surface area contributed by atoms with Crippen molar-refractivity contribution in [3.63, 3.8) is 0 Å². The van der Waals surface area contributed by atoms with E-state index in [1.165, 1.54) is 43.3 Å². The van der Waals surface area contributed by atoms with Gasteiger partial charge < -0.3 is 14.4 Å². The molecule has 4 heterocycles. The predicted octanol–water partition coefficient (Wildman–Crippen LogP) is 2.45. The number of nitrogens with zero attached hydrogens (tertiary/aromatic N) is 4. The maximum atomic E-state index is 12.4. The molecule has 2 fully saturated rings. The molecule has 2 saturated heterocycles. The highest BCUT2D eigenvalue weighted by molar-refractivity contribution is 5.82. The average Bonchev–Trinajstić information content (AvgIpc) is 2.98. The summed E-state index contributed by atoms with van der Waals surface area (Å²) in [5, 5.41) is 1.25. The van der Waals surface area contributed by atoms with Crippen LogP contribution in [0.3, 0.4) is 0 Å². The molecule has 25 heavy (non-hydrogen) atoms.